The van der Waals surface area contributed by atoms with Crippen LogP contribution in [0.1, 0.15) is 11.8 Å². The first kappa shape index (κ1) is 18.4. The second kappa shape index (κ2) is 8.31. The van der Waals surface area contributed by atoms with Crippen molar-refractivity contribution in [2.75, 3.05) is 44.2 Å². The van der Waals surface area contributed by atoms with Crippen molar-refractivity contribution in [2.45, 2.75) is 17.6 Å². The Morgan fingerprint density at radius 2 is 1.76 bits per heavy atom. The SMILES string of the molecule is CCc1ccc(S(=O)(=O)NCCN2CCN(c3ccccc3)CC2)s1. The minimum absolute atomic E-state index is 0.415. The summed E-state index contributed by atoms with van der Waals surface area (Å²) in [7, 11) is -3.37. The lowest BCUT2D eigenvalue weighted by Gasteiger charge is -2.36. The third-order valence-electron chi connectivity index (χ3n) is 4.46. The number of nitrogens with one attached hydrogen (secondary N) is 1. The second-order valence-electron chi connectivity index (χ2n) is 6.14. The fourth-order valence-electron chi connectivity index (χ4n) is 2.97. The van der Waals surface area contributed by atoms with Gasteiger partial charge in [-0.05, 0) is 30.7 Å². The van der Waals surface area contributed by atoms with Gasteiger partial charge in [0.1, 0.15) is 4.21 Å². The van der Waals surface area contributed by atoms with E-state index < -0.39 is 10.0 Å². The molecule has 3 rings (SSSR count). The van der Waals surface area contributed by atoms with Gasteiger partial charge in [0.25, 0.3) is 0 Å². The maximum Gasteiger partial charge on any atom is 0.250 e. The molecule has 0 spiro atoms. The van der Waals surface area contributed by atoms with Crippen molar-refractivity contribution in [3.8, 4) is 0 Å². The summed E-state index contributed by atoms with van der Waals surface area (Å²) in [6.07, 6.45) is 0.867. The van der Waals surface area contributed by atoms with E-state index in [1.807, 2.05) is 19.1 Å². The Labute approximate surface area is 154 Å². The molecule has 1 aliphatic rings. The molecule has 1 aromatic heterocycles. The van der Waals surface area contributed by atoms with Gasteiger partial charge >= 0.3 is 0 Å². The summed E-state index contributed by atoms with van der Waals surface area (Å²) in [5.74, 6) is 0. The van der Waals surface area contributed by atoms with E-state index in [1.165, 1.54) is 17.0 Å². The fourth-order valence-corrected chi connectivity index (χ4v) is 5.33. The molecule has 0 atom stereocenters. The van der Waals surface area contributed by atoms with E-state index in [1.54, 1.807) is 6.07 Å². The molecule has 1 aliphatic heterocycles. The molecule has 0 radical (unpaired) electrons. The van der Waals surface area contributed by atoms with Gasteiger partial charge in [0, 0.05) is 49.8 Å². The second-order valence-corrected chi connectivity index (χ2v) is 9.30. The van der Waals surface area contributed by atoms with E-state index >= 15 is 0 Å². The molecule has 0 unspecified atom stereocenters. The van der Waals surface area contributed by atoms with E-state index in [2.05, 4.69) is 38.8 Å². The van der Waals surface area contributed by atoms with Crippen molar-refractivity contribution >= 4 is 27.0 Å². The Kier molecular flexibility index (Phi) is 6.11. The molecule has 1 aromatic carbocycles. The molecule has 1 fully saturated rings. The molecule has 136 valence electrons. The quantitative estimate of drug-likeness (QED) is 0.803. The summed E-state index contributed by atoms with van der Waals surface area (Å²) in [6, 6.07) is 14.0. The van der Waals surface area contributed by atoms with E-state index in [-0.39, 0.29) is 0 Å². The molecule has 0 bridgehead atoms. The fraction of sp³-hybridized carbons (Fsp3) is 0.444. The van der Waals surface area contributed by atoms with Crippen LogP contribution in [0.15, 0.2) is 46.7 Å². The van der Waals surface area contributed by atoms with Crippen molar-refractivity contribution in [3.63, 3.8) is 0 Å². The third kappa shape index (κ3) is 4.82. The number of anilines is 1. The zero-order valence-electron chi connectivity index (χ0n) is 14.5. The number of hydrogen-bond acceptors (Lipinski definition) is 5. The number of thiophene rings is 1. The Morgan fingerprint density at radius 3 is 2.40 bits per heavy atom. The molecule has 25 heavy (non-hydrogen) atoms. The Balaban J connectivity index is 1.44. The molecule has 5 nitrogen and oxygen atoms in total. The Bertz CT molecular complexity index is 767. The van der Waals surface area contributed by atoms with E-state index in [4.69, 9.17) is 0 Å². The highest BCUT2D eigenvalue weighted by Crippen LogP contribution is 2.21. The van der Waals surface area contributed by atoms with Gasteiger partial charge in [0.2, 0.25) is 10.0 Å². The largest absolute Gasteiger partial charge is 0.369 e. The van der Waals surface area contributed by atoms with Crippen LogP contribution in [0.25, 0.3) is 0 Å². The van der Waals surface area contributed by atoms with Crippen LogP contribution in [-0.4, -0.2) is 52.6 Å². The van der Waals surface area contributed by atoms with Gasteiger partial charge in [-0.2, -0.15) is 0 Å². The van der Waals surface area contributed by atoms with Crippen LogP contribution >= 0.6 is 11.3 Å². The van der Waals surface area contributed by atoms with E-state index in [9.17, 15) is 8.42 Å². The molecule has 2 aromatic rings. The molecule has 7 heteroatoms. The van der Waals surface area contributed by atoms with Gasteiger partial charge < -0.3 is 4.90 Å². The zero-order valence-corrected chi connectivity index (χ0v) is 16.2. The lowest BCUT2D eigenvalue weighted by molar-refractivity contribution is 0.262. The smallest absolute Gasteiger partial charge is 0.250 e. The molecule has 0 saturated carbocycles. The number of para-hydroxylation sites is 1. The molecule has 1 N–H and O–H groups in total. The lowest BCUT2D eigenvalue weighted by atomic mass is 10.2. The predicted molar refractivity (Wildman–Crippen MR) is 104 cm³/mol. The molecule has 1 saturated heterocycles. The van der Waals surface area contributed by atoms with E-state index in [0.29, 0.717) is 10.8 Å². The monoisotopic (exact) mass is 379 g/mol. The normalized spacial score (nSPS) is 16.3. The molecular formula is C18H25N3O2S2. The standard InChI is InChI=1S/C18H25N3O2S2/c1-2-17-8-9-18(24-17)25(22,23)19-10-11-20-12-14-21(15-13-20)16-6-4-3-5-7-16/h3-9,19H,2,10-15H2,1H3. The number of aryl methyl sites for hydroxylation is 1. The number of rotatable bonds is 7. The van der Waals surface area contributed by atoms with Crippen LogP contribution in [-0.2, 0) is 16.4 Å². The lowest BCUT2D eigenvalue weighted by Crippen LogP contribution is -2.48. The molecule has 0 amide bonds. The van der Waals surface area contributed by atoms with Crippen molar-refractivity contribution in [1.82, 2.24) is 9.62 Å². The number of nitrogens with zero attached hydrogens (tertiary/aromatic N) is 2. The van der Waals surface area contributed by atoms with Gasteiger partial charge in [0.05, 0.1) is 0 Å². The van der Waals surface area contributed by atoms with E-state index in [0.717, 1.165) is 44.0 Å². The highest BCUT2D eigenvalue weighted by Gasteiger charge is 2.19. The minimum Gasteiger partial charge on any atom is -0.369 e. The van der Waals surface area contributed by atoms with Gasteiger partial charge in [-0.25, -0.2) is 13.1 Å². The van der Waals surface area contributed by atoms with Gasteiger partial charge in [-0.1, -0.05) is 25.1 Å². The van der Waals surface area contributed by atoms with Gasteiger partial charge in [-0.3, -0.25) is 4.90 Å². The summed E-state index contributed by atoms with van der Waals surface area (Å²) in [6.45, 7) is 7.08. The van der Waals surface area contributed by atoms with Crippen LogP contribution in [0.2, 0.25) is 0 Å². The summed E-state index contributed by atoms with van der Waals surface area (Å²) < 4.78 is 27.8. The third-order valence-corrected chi connectivity index (χ3v) is 7.65. The maximum atomic E-state index is 12.3. The minimum atomic E-state index is -3.37. The summed E-state index contributed by atoms with van der Waals surface area (Å²) in [5, 5.41) is 0. The molecule has 2 heterocycles. The van der Waals surface area contributed by atoms with Crippen LogP contribution in [0.4, 0.5) is 5.69 Å². The van der Waals surface area contributed by atoms with Crippen molar-refractivity contribution in [3.05, 3.63) is 47.3 Å². The molecular weight excluding hydrogens is 354 g/mol. The number of sulfonamides is 1. The van der Waals surface area contributed by atoms with Crippen LogP contribution < -0.4 is 9.62 Å². The highest BCUT2D eigenvalue weighted by atomic mass is 32.2. The maximum absolute atomic E-state index is 12.3. The average Bonchev–Trinajstić information content (AvgIpc) is 3.13. The average molecular weight is 380 g/mol. The van der Waals surface area contributed by atoms with Crippen molar-refractivity contribution in [1.29, 1.82) is 0 Å². The number of piperazine rings is 1. The Morgan fingerprint density at radius 1 is 1.04 bits per heavy atom. The topological polar surface area (TPSA) is 52.7 Å². The summed E-state index contributed by atoms with van der Waals surface area (Å²) >= 11 is 1.35. The van der Waals surface area contributed by atoms with Crippen LogP contribution in [0.3, 0.4) is 0 Å². The predicted octanol–water partition coefficient (Wildman–Crippen LogP) is 2.41. The van der Waals surface area contributed by atoms with Gasteiger partial charge in [-0.15, -0.1) is 11.3 Å². The zero-order chi connectivity index (χ0) is 17.7. The number of hydrogen-bond donors (Lipinski definition) is 1. The van der Waals surface area contributed by atoms with Crippen molar-refractivity contribution in [2.24, 2.45) is 0 Å². The summed E-state index contributed by atoms with van der Waals surface area (Å²) in [4.78, 5) is 5.78. The highest BCUT2D eigenvalue weighted by molar-refractivity contribution is 7.91. The van der Waals surface area contributed by atoms with Crippen LogP contribution in [0.5, 0.6) is 0 Å². The molecule has 0 aliphatic carbocycles. The first-order valence-electron chi connectivity index (χ1n) is 8.69. The number of benzene rings is 1. The Hall–Kier alpha value is -1.41. The summed E-state index contributed by atoms with van der Waals surface area (Å²) in [5.41, 5.74) is 1.26. The van der Waals surface area contributed by atoms with Crippen molar-refractivity contribution < 1.29 is 8.42 Å². The van der Waals surface area contributed by atoms with Crippen LogP contribution in [0, 0.1) is 0 Å². The first-order valence-corrected chi connectivity index (χ1v) is 11.0. The first-order chi connectivity index (χ1) is 12.1. The van der Waals surface area contributed by atoms with Gasteiger partial charge in [0.15, 0.2) is 0 Å².